The molecule has 0 aliphatic carbocycles. The fraction of sp³-hybridized carbons (Fsp3) is 1.00. The summed E-state index contributed by atoms with van der Waals surface area (Å²) in [6, 6.07) is 0. The highest BCUT2D eigenvalue weighted by atomic mass is 16.5. The second-order valence-electron chi connectivity index (χ2n) is 4.10. The van der Waals surface area contributed by atoms with E-state index in [4.69, 9.17) is 4.74 Å². The molecule has 3 heteroatoms. The minimum atomic E-state index is 0.356. The van der Waals surface area contributed by atoms with Crippen molar-refractivity contribution >= 4 is 0 Å². The highest BCUT2D eigenvalue weighted by Gasteiger charge is 2.18. The van der Waals surface area contributed by atoms with Gasteiger partial charge in [-0.25, -0.2) is 0 Å². The third-order valence-electron chi connectivity index (χ3n) is 3.02. The van der Waals surface area contributed by atoms with E-state index >= 15 is 0 Å². The standard InChI is InChI=1S/C10H20N2O/c1-2-10(13-7-1)12-8-9-3-5-11-6-4-9/h9-12H,1-8H2. The summed E-state index contributed by atoms with van der Waals surface area (Å²) in [5, 5.41) is 6.88. The first-order chi connectivity index (χ1) is 6.45. The minimum Gasteiger partial charge on any atom is -0.363 e. The molecule has 0 amide bonds. The SMILES string of the molecule is C1COC(NCC2CCNCC2)C1. The molecule has 0 aromatic carbocycles. The number of hydrogen-bond donors (Lipinski definition) is 2. The lowest BCUT2D eigenvalue weighted by Gasteiger charge is -2.24. The van der Waals surface area contributed by atoms with Crippen molar-refractivity contribution in [1.29, 1.82) is 0 Å². The lowest BCUT2D eigenvalue weighted by molar-refractivity contribution is 0.0788. The average Bonchev–Trinajstić information content (AvgIpc) is 2.69. The van der Waals surface area contributed by atoms with Crippen molar-refractivity contribution in [3.63, 3.8) is 0 Å². The van der Waals surface area contributed by atoms with Gasteiger partial charge >= 0.3 is 0 Å². The van der Waals surface area contributed by atoms with E-state index in [1.54, 1.807) is 0 Å². The maximum Gasteiger partial charge on any atom is 0.108 e. The molecular weight excluding hydrogens is 164 g/mol. The van der Waals surface area contributed by atoms with Crippen LogP contribution in [0.15, 0.2) is 0 Å². The molecule has 2 heterocycles. The van der Waals surface area contributed by atoms with Crippen molar-refractivity contribution in [3.05, 3.63) is 0 Å². The van der Waals surface area contributed by atoms with Crippen LogP contribution in [0.4, 0.5) is 0 Å². The molecule has 1 unspecified atom stereocenters. The second kappa shape index (κ2) is 4.94. The van der Waals surface area contributed by atoms with Crippen molar-refractivity contribution < 1.29 is 4.74 Å². The molecule has 0 saturated carbocycles. The van der Waals surface area contributed by atoms with Crippen molar-refractivity contribution in [1.82, 2.24) is 10.6 Å². The van der Waals surface area contributed by atoms with Crippen LogP contribution < -0.4 is 10.6 Å². The van der Waals surface area contributed by atoms with Crippen molar-refractivity contribution in [2.45, 2.75) is 31.9 Å². The van der Waals surface area contributed by atoms with Gasteiger partial charge in [-0.15, -0.1) is 0 Å². The predicted octanol–water partition coefficient (Wildman–Crippen LogP) is 0.712. The molecule has 2 N–H and O–H groups in total. The van der Waals surface area contributed by atoms with Crippen molar-refractivity contribution in [3.8, 4) is 0 Å². The third kappa shape index (κ3) is 2.93. The van der Waals surface area contributed by atoms with Crippen LogP contribution in [0.3, 0.4) is 0 Å². The topological polar surface area (TPSA) is 33.3 Å². The second-order valence-corrected chi connectivity index (χ2v) is 4.10. The Bertz CT molecular complexity index is 140. The largest absolute Gasteiger partial charge is 0.363 e. The quantitative estimate of drug-likeness (QED) is 0.678. The van der Waals surface area contributed by atoms with Gasteiger partial charge in [-0.3, -0.25) is 5.32 Å². The fourth-order valence-electron chi connectivity index (χ4n) is 2.12. The molecule has 2 saturated heterocycles. The molecule has 3 nitrogen and oxygen atoms in total. The van der Waals surface area contributed by atoms with Gasteiger partial charge < -0.3 is 10.1 Å². The lowest BCUT2D eigenvalue weighted by Crippen LogP contribution is -2.37. The molecule has 2 fully saturated rings. The number of rotatable bonds is 3. The van der Waals surface area contributed by atoms with Gasteiger partial charge in [0.2, 0.25) is 0 Å². The maximum absolute atomic E-state index is 5.52. The molecule has 0 aromatic heterocycles. The van der Waals surface area contributed by atoms with Crippen molar-refractivity contribution in [2.75, 3.05) is 26.2 Å². The predicted molar refractivity (Wildman–Crippen MR) is 52.6 cm³/mol. The minimum absolute atomic E-state index is 0.356. The van der Waals surface area contributed by atoms with Gasteiger partial charge in [-0.1, -0.05) is 0 Å². The van der Waals surface area contributed by atoms with E-state index in [2.05, 4.69) is 10.6 Å². The molecule has 0 bridgehead atoms. The van der Waals surface area contributed by atoms with Gasteiger partial charge in [0.25, 0.3) is 0 Å². The normalized spacial score (nSPS) is 30.9. The van der Waals surface area contributed by atoms with E-state index in [9.17, 15) is 0 Å². The Morgan fingerprint density at radius 2 is 2.08 bits per heavy atom. The Morgan fingerprint density at radius 1 is 1.23 bits per heavy atom. The monoisotopic (exact) mass is 184 g/mol. The first-order valence-electron chi connectivity index (χ1n) is 5.51. The Kier molecular flexibility index (Phi) is 3.58. The number of ether oxygens (including phenoxy) is 1. The number of nitrogens with one attached hydrogen (secondary N) is 2. The first-order valence-corrected chi connectivity index (χ1v) is 5.51. The third-order valence-corrected chi connectivity index (χ3v) is 3.02. The van der Waals surface area contributed by atoms with Crippen molar-refractivity contribution in [2.24, 2.45) is 5.92 Å². The zero-order valence-electron chi connectivity index (χ0n) is 8.22. The smallest absolute Gasteiger partial charge is 0.108 e. The summed E-state index contributed by atoms with van der Waals surface area (Å²) in [6.45, 7) is 4.48. The highest BCUT2D eigenvalue weighted by molar-refractivity contribution is 4.72. The Balaban J connectivity index is 1.60. The zero-order chi connectivity index (χ0) is 8.93. The van der Waals surface area contributed by atoms with Gasteiger partial charge in [0.05, 0.1) is 0 Å². The number of hydrogen-bond acceptors (Lipinski definition) is 3. The molecule has 2 aliphatic rings. The van der Waals surface area contributed by atoms with Crippen LogP contribution in [0.25, 0.3) is 0 Å². The zero-order valence-corrected chi connectivity index (χ0v) is 8.22. The lowest BCUT2D eigenvalue weighted by atomic mass is 9.98. The summed E-state index contributed by atoms with van der Waals surface area (Å²) in [5.74, 6) is 0.866. The average molecular weight is 184 g/mol. The fourth-order valence-corrected chi connectivity index (χ4v) is 2.12. The molecule has 1 atom stereocenters. The summed E-state index contributed by atoms with van der Waals surface area (Å²) in [5.41, 5.74) is 0. The molecule has 0 spiro atoms. The summed E-state index contributed by atoms with van der Waals surface area (Å²) in [6.07, 6.45) is 5.42. The Morgan fingerprint density at radius 3 is 2.77 bits per heavy atom. The van der Waals surface area contributed by atoms with Crippen LogP contribution in [-0.4, -0.2) is 32.5 Å². The molecule has 2 rings (SSSR count). The van der Waals surface area contributed by atoms with Gasteiger partial charge in [0.15, 0.2) is 0 Å². The van der Waals surface area contributed by atoms with Gasteiger partial charge in [0, 0.05) is 13.2 Å². The molecule has 0 aromatic rings. The van der Waals surface area contributed by atoms with Crippen LogP contribution >= 0.6 is 0 Å². The van der Waals surface area contributed by atoms with Crippen LogP contribution in [0.2, 0.25) is 0 Å². The molecular formula is C10H20N2O. The Hall–Kier alpha value is -0.120. The molecule has 13 heavy (non-hydrogen) atoms. The first kappa shape index (κ1) is 9.44. The highest BCUT2D eigenvalue weighted by Crippen LogP contribution is 2.13. The van der Waals surface area contributed by atoms with E-state index < -0.39 is 0 Å². The summed E-state index contributed by atoms with van der Waals surface area (Å²) in [4.78, 5) is 0. The van der Waals surface area contributed by atoms with Gasteiger partial charge in [0.1, 0.15) is 6.23 Å². The Labute approximate surface area is 80.2 Å². The van der Waals surface area contributed by atoms with E-state index in [1.807, 2.05) is 0 Å². The summed E-state index contributed by atoms with van der Waals surface area (Å²) >= 11 is 0. The molecule has 76 valence electrons. The molecule has 2 aliphatic heterocycles. The van der Waals surface area contributed by atoms with Gasteiger partial charge in [-0.05, 0) is 44.7 Å². The maximum atomic E-state index is 5.52. The molecule has 0 radical (unpaired) electrons. The van der Waals surface area contributed by atoms with E-state index in [1.165, 1.54) is 38.8 Å². The van der Waals surface area contributed by atoms with Crippen LogP contribution in [0, 0.1) is 5.92 Å². The van der Waals surface area contributed by atoms with Gasteiger partial charge in [-0.2, -0.15) is 0 Å². The van der Waals surface area contributed by atoms with E-state index in [0.29, 0.717) is 6.23 Å². The van der Waals surface area contributed by atoms with E-state index in [-0.39, 0.29) is 0 Å². The van der Waals surface area contributed by atoms with Crippen LogP contribution in [0.1, 0.15) is 25.7 Å². The van der Waals surface area contributed by atoms with Crippen LogP contribution in [-0.2, 0) is 4.74 Å². The van der Waals surface area contributed by atoms with E-state index in [0.717, 1.165) is 19.1 Å². The summed E-state index contributed by atoms with van der Waals surface area (Å²) in [7, 11) is 0. The van der Waals surface area contributed by atoms with Crippen LogP contribution in [0.5, 0.6) is 0 Å². The number of piperidine rings is 1. The summed E-state index contributed by atoms with van der Waals surface area (Å²) < 4.78 is 5.52.